The van der Waals surface area contributed by atoms with Crippen molar-refractivity contribution in [2.75, 3.05) is 13.2 Å². The molecule has 0 saturated carbocycles. The molecule has 0 N–H and O–H groups in total. The molecule has 0 bridgehead atoms. The van der Waals surface area contributed by atoms with Gasteiger partial charge in [-0.15, -0.1) is 0 Å². The summed E-state index contributed by atoms with van der Waals surface area (Å²) in [5, 5.41) is 0. The first-order chi connectivity index (χ1) is 31.0. The lowest BCUT2D eigenvalue weighted by Crippen LogP contribution is -2.30. The van der Waals surface area contributed by atoms with Gasteiger partial charge < -0.3 is 14.2 Å². The third-order valence-corrected chi connectivity index (χ3v) is 11.8. The van der Waals surface area contributed by atoms with E-state index in [0.717, 1.165) is 96.3 Å². The van der Waals surface area contributed by atoms with E-state index in [4.69, 9.17) is 14.2 Å². The first-order valence-electron chi connectivity index (χ1n) is 27.1. The summed E-state index contributed by atoms with van der Waals surface area (Å²) in [5.41, 5.74) is 0. The van der Waals surface area contributed by atoms with Gasteiger partial charge in [-0.3, -0.25) is 14.4 Å². The lowest BCUT2D eigenvalue weighted by atomic mass is 10.0. The van der Waals surface area contributed by atoms with Gasteiger partial charge in [0.1, 0.15) is 13.2 Å². The molecule has 0 fully saturated rings. The number of hydrogen-bond acceptors (Lipinski definition) is 6. The van der Waals surface area contributed by atoms with E-state index >= 15 is 0 Å². The predicted molar refractivity (Wildman–Crippen MR) is 270 cm³/mol. The van der Waals surface area contributed by atoms with Crippen molar-refractivity contribution in [1.29, 1.82) is 0 Å². The van der Waals surface area contributed by atoms with Crippen LogP contribution >= 0.6 is 0 Å². The average molecular weight is 883 g/mol. The second-order valence-electron chi connectivity index (χ2n) is 18.1. The fraction of sp³-hybridized carbons (Fsp3) is 0.807. The highest BCUT2D eigenvalue weighted by Gasteiger charge is 2.19. The Morgan fingerprint density at radius 3 is 0.984 bits per heavy atom. The minimum absolute atomic E-state index is 0.0789. The molecule has 0 heterocycles. The molecular weight excluding hydrogens is 781 g/mol. The largest absolute Gasteiger partial charge is 0.462 e. The standard InChI is InChI=1S/C57H102O6/c1-4-7-10-13-16-19-22-25-27-28-30-32-35-38-41-44-47-50-56(59)62-53-54(52-61-55(58)49-46-43-40-37-34-31-24-21-18-15-12-9-6-3)63-57(60)51-48-45-42-39-36-33-29-26-23-20-17-14-11-8-5-2/h8,11,17,20,25-27,29,54H,4-7,9-10,12-16,18-19,21-24,28,30-53H2,1-3H3/b11-8+,20-17+,27-25+,29-26+/t54-/m1/s1. The van der Waals surface area contributed by atoms with Crippen LogP contribution in [-0.4, -0.2) is 37.2 Å². The summed E-state index contributed by atoms with van der Waals surface area (Å²) in [7, 11) is 0. The number of unbranched alkanes of at least 4 members (excludes halogenated alkanes) is 30. The second-order valence-corrected chi connectivity index (χ2v) is 18.1. The number of ether oxygens (including phenoxy) is 3. The molecule has 0 aliphatic rings. The Labute approximate surface area is 390 Å². The number of rotatable bonds is 49. The third-order valence-electron chi connectivity index (χ3n) is 11.8. The van der Waals surface area contributed by atoms with Crippen LogP contribution in [0, 0.1) is 0 Å². The quantitative estimate of drug-likeness (QED) is 0.0262. The minimum Gasteiger partial charge on any atom is -0.462 e. The van der Waals surface area contributed by atoms with Crippen molar-refractivity contribution in [2.24, 2.45) is 0 Å². The molecule has 0 unspecified atom stereocenters. The lowest BCUT2D eigenvalue weighted by molar-refractivity contribution is -0.167. The van der Waals surface area contributed by atoms with E-state index in [1.54, 1.807) is 0 Å². The lowest BCUT2D eigenvalue weighted by Gasteiger charge is -2.18. The van der Waals surface area contributed by atoms with Gasteiger partial charge in [0.25, 0.3) is 0 Å². The Balaban J connectivity index is 4.38. The fourth-order valence-corrected chi connectivity index (χ4v) is 7.75. The van der Waals surface area contributed by atoms with E-state index in [-0.39, 0.29) is 31.1 Å². The van der Waals surface area contributed by atoms with Crippen molar-refractivity contribution in [3.63, 3.8) is 0 Å². The van der Waals surface area contributed by atoms with Gasteiger partial charge in [-0.2, -0.15) is 0 Å². The molecule has 0 amide bonds. The van der Waals surface area contributed by atoms with Crippen LogP contribution < -0.4 is 0 Å². The SMILES string of the molecule is CC/C=C/C/C=C/C/C=C/CCCCCCCC(=O)O[C@@H](COC(=O)CCCCCCCCC/C=C/CCCCCCCC)COC(=O)CCCCCCCCCCCCCCC. The number of carbonyl (C=O) groups excluding carboxylic acids is 3. The number of carbonyl (C=O) groups is 3. The Kier molecular flexibility index (Phi) is 49.8. The maximum atomic E-state index is 12.8. The summed E-state index contributed by atoms with van der Waals surface area (Å²) < 4.78 is 16.8. The third kappa shape index (κ3) is 50.2. The van der Waals surface area contributed by atoms with Crippen LogP contribution in [0.5, 0.6) is 0 Å². The van der Waals surface area contributed by atoms with E-state index < -0.39 is 6.10 Å². The average Bonchev–Trinajstić information content (AvgIpc) is 3.28. The van der Waals surface area contributed by atoms with Gasteiger partial charge in [0.2, 0.25) is 0 Å². The van der Waals surface area contributed by atoms with Gasteiger partial charge in [0, 0.05) is 19.3 Å². The van der Waals surface area contributed by atoms with Crippen molar-refractivity contribution in [3.8, 4) is 0 Å². The zero-order valence-electron chi connectivity index (χ0n) is 41.8. The van der Waals surface area contributed by atoms with E-state index in [1.807, 2.05) is 0 Å². The van der Waals surface area contributed by atoms with Crippen LogP contribution in [0.25, 0.3) is 0 Å². The van der Waals surface area contributed by atoms with Crippen LogP contribution in [0.4, 0.5) is 0 Å². The molecule has 0 aliphatic carbocycles. The Hall–Kier alpha value is -2.63. The summed E-state index contributed by atoms with van der Waals surface area (Å²) in [4.78, 5) is 38.0. The first kappa shape index (κ1) is 60.4. The number of esters is 3. The molecule has 0 aliphatic heterocycles. The van der Waals surface area contributed by atoms with Crippen molar-refractivity contribution in [1.82, 2.24) is 0 Å². The van der Waals surface area contributed by atoms with Crippen molar-refractivity contribution in [3.05, 3.63) is 48.6 Å². The molecule has 63 heavy (non-hydrogen) atoms. The summed E-state index contributed by atoms with van der Waals surface area (Å²) in [5.74, 6) is -0.890. The molecule has 0 radical (unpaired) electrons. The van der Waals surface area contributed by atoms with E-state index in [1.165, 1.54) is 141 Å². The predicted octanol–water partition coefficient (Wildman–Crippen LogP) is 17.9. The molecule has 366 valence electrons. The Morgan fingerprint density at radius 2 is 0.619 bits per heavy atom. The number of hydrogen-bond donors (Lipinski definition) is 0. The topological polar surface area (TPSA) is 78.9 Å². The molecule has 0 spiro atoms. The molecule has 0 aromatic carbocycles. The monoisotopic (exact) mass is 883 g/mol. The zero-order chi connectivity index (χ0) is 45.8. The van der Waals surface area contributed by atoms with Crippen molar-refractivity contribution < 1.29 is 28.6 Å². The Morgan fingerprint density at radius 1 is 0.333 bits per heavy atom. The van der Waals surface area contributed by atoms with Crippen LogP contribution in [-0.2, 0) is 28.6 Å². The highest BCUT2D eigenvalue weighted by molar-refractivity contribution is 5.71. The van der Waals surface area contributed by atoms with Gasteiger partial charge in [-0.25, -0.2) is 0 Å². The summed E-state index contributed by atoms with van der Waals surface area (Å²) in [6, 6.07) is 0. The van der Waals surface area contributed by atoms with Gasteiger partial charge in [-0.1, -0.05) is 230 Å². The highest BCUT2D eigenvalue weighted by atomic mass is 16.6. The maximum Gasteiger partial charge on any atom is 0.306 e. The van der Waals surface area contributed by atoms with Crippen molar-refractivity contribution in [2.45, 2.75) is 284 Å². The molecule has 6 heteroatoms. The summed E-state index contributed by atoms with van der Waals surface area (Å²) in [6.45, 7) is 6.53. The van der Waals surface area contributed by atoms with E-state index in [2.05, 4.69) is 69.4 Å². The first-order valence-corrected chi connectivity index (χ1v) is 27.1. The maximum absolute atomic E-state index is 12.8. The second kappa shape index (κ2) is 52.0. The Bertz CT molecular complexity index is 1110. The summed E-state index contributed by atoms with van der Waals surface area (Å²) in [6.07, 6.45) is 62.3. The van der Waals surface area contributed by atoms with Gasteiger partial charge in [0.15, 0.2) is 6.10 Å². The smallest absolute Gasteiger partial charge is 0.306 e. The van der Waals surface area contributed by atoms with Crippen molar-refractivity contribution >= 4 is 17.9 Å². The molecule has 6 nitrogen and oxygen atoms in total. The zero-order valence-corrected chi connectivity index (χ0v) is 41.8. The van der Waals surface area contributed by atoms with Crippen LogP contribution in [0.15, 0.2) is 48.6 Å². The van der Waals surface area contributed by atoms with Crippen LogP contribution in [0.3, 0.4) is 0 Å². The van der Waals surface area contributed by atoms with Crippen LogP contribution in [0.2, 0.25) is 0 Å². The molecule has 0 saturated heterocycles. The van der Waals surface area contributed by atoms with Gasteiger partial charge in [0.05, 0.1) is 0 Å². The fourth-order valence-electron chi connectivity index (χ4n) is 7.75. The van der Waals surface area contributed by atoms with Gasteiger partial charge >= 0.3 is 17.9 Å². The normalized spacial score (nSPS) is 12.4. The van der Waals surface area contributed by atoms with E-state index in [0.29, 0.717) is 19.3 Å². The molecule has 0 aromatic rings. The molecule has 0 aromatic heterocycles. The molecular formula is C57H102O6. The molecule has 0 rings (SSSR count). The molecule has 1 atom stereocenters. The highest BCUT2D eigenvalue weighted by Crippen LogP contribution is 2.15. The van der Waals surface area contributed by atoms with E-state index in [9.17, 15) is 14.4 Å². The van der Waals surface area contributed by atoms with Gasteiger partial charge in [-0.05, 0) is 77.0 Å². The van der Waals surface area contributed by atoms with Crippen LogP contribution in [0.1, 0.15) is 278 Å². The number of allylic oxidation sites excluding steroid dienone is 8. The minimum atomic E-state index is -0.781. The summed E-state index contributed by atoms with van der Waals surface area (Å²) >= 11 is 0.